The summed E-state index contributed by atoms with van der Waals surface area (Å²) in [7, 11) is 0. The summed E-state index contributed by atoms with van der Waals surface area (Å²) in [5.74, 6) is -0.0382. The number of hydrogen-bond acceptors (Lipinski definition) is 4. The van der Waals surface area contributed by atoms with E-state index in [4.69, 9.17) is 0 Å². The Morgan fingerprint density at radius 2 is 1.79 bits per heavy atom. The molecule has 4 rings (SSSR count). The van der Waals surface area contributed by atoms with Crippen LogP contribution in [0.15, 0.2) is 24.3 Å². The van der Waals surface area contributed by atoms with E-state index in [0.29, 0.717) is 38.3 Å². The fourth-order valence-corrected chi connectivity index (χ4v) is 4.52. The van der Waals surface area contributed by atoms with Gasteiger partial charge in [-0.05, 0) is 56.8 Å². The number of benzene rings is 1. The standard InChI is InChI=1S/C23H32F3N5O2/c24-23(25,26)17-4-1-5-19(16-17)30-14-12-29(13-15-30)10-3-9-27-22(33)31-11-2-6-20(31)21(32)28-18-7-8-18/h1,4-5,16,18,20H,2-3,6-15H2,(H,27,33)(H,28,32). The lowest BCUT2D eigenvalue weighted by Crippen LogP contribution is -2.50. The number of piperazine rings is 1. The largest absolute Gasteiger partial charge is 0.416 e. The zero-order valence-electron chi connectivity index (χ0n) is 18.7. The number of likely N-dealkylation sites (tertiary alicyclic amines) is 1. The smallest absolute Gasteiger partial charge is 0.369 e. The molecule has 1 aromatic rings. The fraction of sp³-hybridized carbons (Fsp3) is 0.652. The molecule has 1 unspecified atom stereocenters. The first kappa shape index (κ1) is 23.7. The van der Waals surface area contributed by atoms with Crippen LogP contribution >= 0.6 is 0 Å². The zero-order valence-corrected chi connectivity index (χ0v) is 18.7. The van der Waals surface area contributed by atoms with Crippen LogP contribution in [0.3, 0.4) is 0 Å². The highest BCUT2D eigenvalue weighted by Crippen LogP contribution is 2.32. The third-order valence-corrected chi connectivity index (χ3v) is 6.58. The van der Waals surface area contributed by atoms with Crippen LogP contribution in [0.1, 0.15) is 37.7 Å². The van der Waals surface area contributed by atoms with Crippen molar-refractivity contribution in [2.24, 2.45) is 0 Å². The summed E-state index contributed by atoms with van der Waals surface area (Å²) in [5.41, 5.74) is -0.0222. The SMILES string of the molecule is O=C(NC1CC1)C1CCCN1C(=O)NCCCN1CCN(c2cccc(C(F)(F)F)c2)CC1. The molecule has 2 heterocycles. The van der Waals surface area contributed by atoms with Crippen molar-refractivity contribution in [3.63, 3.8) is 0 Å². The Morgan fingerprint density at radius 3 is 2.48 bits per heavy atom. The van der Waals surface area contributed by atoms with Gasteiger partial charge in [0.2, 0.25) is 5.91 Å². The van der Waals surface area contributed by atoms with Crippen molar-refractivity contribution in [1.82, 2.24) is 20.4 Å². The number of urea groups is 1. The Morgan fingerprint density at radius 1 is 1.03 bits per heavy atom. The third-order valence-electron chi connectivity index (χ3n) is 6.58. The zero-order chi connectivity index (χ0) is 23.4. The van der Waals surface area contributed by atoms with Gasteiger partial charge in [-0.2, -0.15) is 13.2 Å². The number of carbonyl (C=O) groups is 2. The van der Waals surface area contributed by atoms with Crippen LogP contribution in [-0.4, -0.2) is 79.6 Å². The summed E-state index contributed by atoms with van der Waals surface area (Å²) in [6.45, 7) is 4.80. The van der Waals surface area contributed by atoms with Gasteiger partial charge in [0.05, 0.1) is 5.56 Å². The summed E-state index contributed by atoms with van der Waals surface area (Å²) in [4.78, 5) is 30.8. The first-order chi connectivity index (χ1) is 15.8. The molecule has 3 fully saturated rings. The number of nitrogens with zero attached hydrogens (tertiary/aromatic N) is 3. The van der Waals surface area contributed by atoms with Crippen LogP contribution in [0, 0.1) is 0 Å². The molecule has 2 aliphatic heterocycles. The highest BCUT2D eigenvalue weighted by atomic mass is 19.4. The average Bonchev–Trinajstić information content (AvgIpc) is 3.47. The minimum atomic E-state index is -4.33. The molecule has 10 heteroatoms. The second kappa shape index (κ2) is 10.2. The summed E-state index contributed by atoms with van der Waals surface area (Å²) in [5, 5.41) is 5.93. The van der Waals surface area contributed by atoms with E-state index in [2.05, 4.69) is 15.5 Å². The van der Waals surface area contributed by atoms with E-state index in [1.807, 2.05) is 4.90 Å². The van der Waals surface area contributed by atoms with Gasteiger partial charge in [0.15, 0.2) is 0 Å². The molecule has 33 heavy (non-hydrogen) atoms. The van der Waals surface area contributed by atoms with Gasteiger partial charge in [-0.3, -0.25) is 9.69 Å². The van der Waals surface area contributed by atoms with E-state index in [-0.39, 0.29) is 24.0 Å². The molecule has 3 amide bonds. The van der Waals surface area contributed by atoms with Gasteiger partial charge in [-0.1, -0.05) is 6.07 Å². The predicted octanol–water partition coefficient (Wildman–Crippen LogP) is 2.67. The Hall–Kier alpha value is -2.49. The summed E-state index contributed by atoms with van der Waals surface area (Å²) in [6.07, 6.45) is 0.0482. The molecule has 0 aromatic heterocycles. The molecule has 2 saturated heterocycles. The maximum Gasteiger partial charge on any atom is 0.416 e. The van der Waals surface area contributed by atoms with Crippen molar-refractivity contribution in [3.8, 4) is 0 Å². The van der Waals surface area contributed by atoms with E-state index in [1.165, 1.54) is 12.1 Å². The molecule has 1 aliphatic carbocycles. The van der Waals surface area contributed by atoms with Crippen molar-refractivity contribution in [2.75, 3.05) is 50.7 Å². The second-order valence-corrected chi connectivity index (χ2v) is 9.10. The Balaban J connectivity index is 1.15. The van der Waals surface area contributed by atoms with Crippen molar-refractivity contribution >= 4 is 17.6 Å². The lowest BCUT2D eigenvalue weighted by molar-refractivity contribution is -0.137. The normalized spacial score (nSPS) is 21.8. The van der Waals surface area contributed by atoms with Gasteiger partial charge in [-0.15, -0.1) is 0 Å². The quantitative estimate of drug-likeness (QED) is 0.605. The van der Waals surface area contributed by atoms with Crippen LogP contribution in [0.5, 0.6) is 0 Å². The molecule has 0 bridgehead atoms. The average molecular weight is 468 g/mol. The van der Waals surface area contributed by atoms with Crippen molar-refractivity contribution in [1.29, 1.82) is 0 Å². The topological polar surface area (TPSA) is 67.9 Å². The highest BCUT2D eigenvalue weighted by Gasteiger charge is 2.36. The molecule has 1 saturated carbocycles. The number of halogens is 3. The predicted molar refractivity (Wildman–Crippen MR) is 119 cm³/mol. The number of carbonyl (C=O) groups excluding carboxylic acids is 2. The molecule has 1 aromatic carbocycles. The molecule has 3 aliphatic rings. The number of alkyl halides is 3. The first-order valence-electron chi connectivity index (χ1n) is 11.8. The summed E-state index contributed by atoms with van der Waals surface area (Å²) < 4.78 is 38.9. The van der Waals surface area contributed by atoms with E-state index < -0.39 is 11.7 Å². The maximum atomic E-state index is 13.0. The molecule has 182 valence electrons. The van der Waals surface area contributed by atoms with Crippen LogP contribution in [-0.2, 0) is 11.0 Å². The van der Waals surface area contributed by atoms with Gasteiger partial charge >= 0.3 is 12.2 Å². The highest BCUT2D eigenvalue weighted by molar-refractivity contribution is 5.88. The van der Waals surface area contributed by atoms with Gasteiger partial charge in [0.25, 0.3) is 0 Å². The van der Waals surface area contributed by atoms with Crippen molar-refractivity contribution < 1.29 is 22.8 Å². The van der Waals surface area contributed by atoms with Gasteiger partial charge in [0, 0.05) is 51.0 Å². The lowest BCUT2D eigenvalue weighted by atomic mass is 10.1. The van der Waals surface area contributed by atoms with E-state index in [9.17, 15) is 22.8 Å². The van der Waals surface area contributed by atoms with E-state index >= 15 is 0 Å². The Labute approximate surface area is 192 Å². The van der Waals surface area contributed by atoms with E-state index in [0.717, 1.165) is 51.4 Å². The third kappa shape index (κ3) is 6.31. The van der Waals surface area contributed by atoms with E-state index in [1.54, 1.807) is 11.0 Å². The van der Waals surface area contributed by atoms with Crippen molar-refractivity contribution in [2.45, 2.75) is 50.4 Å². The van der Waals surface area contributed by atoms with Crippen LogP contribution in [0.4, 0.5) is 23.7 Å². The van der Waals surface area contributed by atoms with Crippen molar-refractivity contribution in [3.05, 3.63) is 29.8 Å². The fourth-order valence-electron chi connectivity index (χ4n) is 4.52. The number of nitrogens with one attached hydrogen (secondary N) is 2. The second-order valence-electron chi connectivity index (χ2n) is 9.10. The summed E-state index contributed by atoms with van der Waals surface area (Å²) >= 11 is 0. The lowest BCUT2D eigenvalue weighted by Gasteiger charge is -2.36. The molecule has 0 spiro atoms. The molecular weight excluding hydrogens is 435 g/mol. The van der Waals surface area contributed by atoms with Crippen LogP contribution < -0.4 is 15.5 Å². The monoisotopic (exact) mass is 467 g/mol. The number of hydrogen-bond donors (Lipinski definition) is 2. The maximum absolute atomic E-state index is 13.0. The molecule has 1 atom stereocenters. The number of rotatable bonds is 7. The van der Waals surface area contributed by atoms with Gasteiger partial charge in [-0.25, -0.2) is 4.79 Å². The molecule has 2 N–H and O–H groups in total. The number of amides is 3. The molecule has 7 nitrogen and oxygen atoms in total. The summed E-state index contributed by atoms with van der Waals surface area (Å²) in [6, 6.07) is 5.22. The minimum absolute atomic E-state index is 0.0382. The Kier molecular flexibility index (Phi) is 7.31. The molecule has 0 radical (unpaired) electrons. The van der Waals surface area contributed by atoms with Crippen LogP contribution in [0.25, 0.3) is 0 Å². The molecular formula is C23H32F3N5O2. The minimum Gasteiger partial charge on any atom is -0.369 e. The van der Waals surface area contributed by atoms with Crippen LogP contribution in [0.2, 0.25) is 0 Å². The van der Waals surface area contributed by atoms with Gasteiger partial charge in [0.1, 0.15) is 6.04 Å². The van der Waals surface area contributed by atoms with Gasteiger partial charge < -0.3 is 20.4 Å². The number of anilines is 1. The Bertz CT molecular complexity index is 838. The first-order valence-corrected chi connectivity index (χ1v) is 11.8.